The second-order valence-corrected chi connectivity index (χ2v) is 5.11. The first-order valence-electron chi connectivity index (χ1n) is 5.83. The molecule has 17 heavy (non-hydrogen) atoms. The second kappa shape index (κ2) is 5.76. The Hall–Kier alpha value is -0.710. The standard InChI is InChI=1S/C13H16BrFN2/c14-10-7-4-8-11(15)12(10)13(17-16)9-5-2-1-3-6-9/h4-5,7-8,13,17H,1-3,6,16H2. The Morgan fingerprint density at radius 1 is 1.35 bits per heavy atom. The molecule has 92 valence electrons. The molecule has 0 aliphatic heterocycles. The van der Waals surface area contributed by atoms with E-state index < -0.39 is 0 Å². The van der Waals surface area contributed by atoms with E-state index in [-0.39, 0.29) is 11.9 Å². The van der Waals surface area contributed by atoms with Crippen LogP contribution in [0.15, 0.2) is 34.3 Å². The predicted molar refractivity (Wildman–Crippen MR) is 70.7 cm³/mol. The summed E-state index contributed by atoms with van der Waals surface area (Å²) in [6, 6.07) is 4.76. The van der Waals surface area contributed by atoms with Gasteiger partial charge in [-0.1, -0.05) is 33.6 Å². The molecule has 1 atom stereocenters. The molecule has 1 unspecified atom stereocenters. The minimum Gasteiger partial charge on any atom is -0.271 e. The Bertz CT molecular complexity index is 411. The molecule has 1 aromatic carbocycles. The van der Waals surface area contributed by atoms with Gasteiger partial charge in [-0.25, -0.2) is 9.82 Å². The van der Waals surface area contributed by atoms with E-state index in [4.69, 9.17) is 5.84 Å². The Balaban J connectivity index is 2.38. The first kappa shape index (κ1) is 12.7. The van der Waals surface area contributed by atoms with Crippen LogP contribution in [-0.2, 0) is 0 Å². The average molecular weight is 299 g/mol. The van der Waals surface area contributed by atoms with Crippen LogP contribution in [-0.4, -0.2) is 0 Å². The molecule has 2 nitrogen and oxygen atoms in total. The number of nitrogens with one attached hydrogen (secondary N) is 1. The quantitative estimate of drug-likeness (QED) is 0.508. The lowest BCUT2D eigenvalue weighted by molar-refractivity contribution is 0.526. The van der Waals surface area contributed by atoms with Gasteiger partial charge in [-0.3, -0.25) is 5.84 Å². The molecular formula is C13H16BrFN2. The third kappa shape index (κ3) is 2.76. The monoisotopic (exact) mass is 298 g/mol. The molecule has 0 bridgehead atoms. The first-order valence-corrected chi connectivity index (χ1v) is 6.62. The third-order valence-electron chi connectivity index (χ3n) is 3.15. The van der Waals surface area contributed by atoms with E-state index in [0.29, 0.717) is 5.56 Å². The predicted octanol–water partition coefficient (Wildman–Crippen LogP) is 3.59. The van der Waals surface area contributed by atoms with Crippen molar-refractivity contribution < 1.29 is 4.39 Å². The number of hydrazine groups is 1. The van der Waals surface area contributed by atoms with Gasteiger partial charge in [-0.2, -0.15) is 0 Å². The lowest BCUT2D eigenvalue weighted by atomic mass is 9.90. The van der Waals surface area contributed by atoms with Gasteiger partial charge >= 0.3 is 0 Å². The van der Waals surface area contributed by atoms with Crippen LogP contribution in [0.4, 0.5) is 4.39 Å². The van der Waals surface area contributed by atoms with Crippen molar-refractivity contribution in [3.8, 4) is 0 Å². The van der Waals surface area contributed by atoms with E-state index in [1.807, 2.05) is 6.07 Å². The molecule has 0 spiro atoms. The van der Waals surface area contributed by atoms with Gasteiger partial charge in [0.15, 0.2) is 0 Å². The van der Waals surface area contributed by atoms with Crippen LogP contribution in [0, 0.1) is 5.82 Å². The van der Waals surface area contributed by atoms with E-state index in [0.717, 1.165) is 23.7 Å². The van der Waals surface area contributed by atoms with E-state index in [1.54, 1.807) is 6.07 Å². The molecule has 0 fully saturated rings. The van der Waals surface area contributed by atoms with Crippen LogP contribution in [0.5, 0.6) is 0 Å². The van der Waals surface area contributed by atoms with Gasteiger partial charge in [0.05, 0.1) is 6.04 Å². The molecular weight excluding hydrogens is 283 g/mol. The largest absolute Gasteiger partial charge is 0.271 e. The fraction of sp³-hybridized carbons (Fsp3) is 0.385. The summed E-state index contributed by atoms with van der Waals surface area (Å²) >= 11 is 3.39. The maximum atomic E-state index is 13.9. The fourth-order valence-corrected chi connectivity index (χ4v) is 2.86. The van der Waals surface area contributed by atoms with E-state index in [2.05, 4.69) is 27.4 Å². The number of hydrogen-bond acceptors (Lipinski definition) is 2. The fourth-order valence-electron chi connectivity index (χ4n) is 2.29. The summed E-state index contributed by atoms with van der Waals surface area (Å²) in [6.45, 7) is 0. The zero-order valence-corrected chi connectivity index (χ0v) is 11.1. The van der Waals surface area contributed by atoms with Crippen LogP contribution in [0.2, 0.25) is 0 Å². The molecule has 1 aromatic rings. The number of hydrogen-bond donors (Lipinski definition) is 2. The van der Waals surface area contributed by atoms with Crippen molar-refractivity contribution in [2.45, 2.75) is 31.7 Å². The third-order valence-corrected chi connectivity index (χ3v) is 3.84. The Labute approximate surface area is 109 Å². The maximum Gasteiger partial charge on any atom is 0.129 e. The highest BCUT2D eigenvalue weighted by atomic mass is 79.9. The zero-order chi connectivity index (χ0) is 12.3. The summed E-state index contributed by atoms with van der Waals surface area (Å²) in [6.07, 6.45) is 6.57. The van der Waals surface area contributed by atoms with Crippen LogP contribution in [0.3, 0.4) is 0 Å². The molecule has 0 aromatic heterocycles. The molecule has 4 heteroatoms. The molecule has 0 saturated heterocycles. The Morgan fingerprint density at radius 3 is 2.76 bits per heavy atom. The number of halogens is 2. The smallest absolute Gasteiger partial charge is 0.129 e. The van der Waals surface area contributed by atoms with E-state index in [9.17, 15) is 4.39 Å². The van der Waals surface area contributed by atoms with Gasteiger partial charge in [0.25, 0.3) is 0 Å². The molecule has 0 saturated carbocycles. The minimum atomic E-state index is -0.231. The summed E-state index contributed by atoms with van der Waals surface area (Å²) in [5, 5.41) is 0. The molecule has 2 rings (SSSR count). The highest BCUT2D eigenvalue weighted by molar-refractivity contribution is 9.10. The normalized spacial score (nSPS) is 17.7. The number of benzene rings is 1. The summed E-state index contributed by atoms with van der Waals surface area (Å²) < 4.78 is 14.6. The number of nitrogens with two attached hydrogens (primary N) is 1. The van der Waals surface area contributed by atoms with Crippen molar-refractivity contribution in [3.05, 3.63) is 45.7 Å². The lowest BCUT2D eigenvalue weighted by Crippen LogP contribution is -2.31. The molecule has 3 N–H and O–H groups in total. The SMILES string of the molecule is NNC(C1=CCCCC1)c1c(F)cccc1Br. The molecule has 1 aliphatic carbocycles. The van der Waals surface area contributed by atoms with Gasteiger partial charge in [-0.05, 0) is 37.8 Å². The van der Waals surface area contributed by atoms with Crippen molar-refractivity contribution in [1.82, 2.24) is 5.43 Å². The molecule has 0 heterocycles. The number of allylic oxidation sites excluding steroid dienone is 1. The summed E-state index contributed by atoms with van der Waals surface area (Å²) in [5.41, 5.74) is 4.52. The average Bonchev–Trinajstić information content (AvgIpc) is 2.35. The van der Waals surface area contributed by atoms with Crippen LogP contribution in [0.1, 0.15) is 37.3 Å². The number of rotatable bonds is 3. The van der Waals surface area contributed by atoms with Crippen molar-refractivity contribution in [2.75, 3.05) is 0 Å². The van der Waals surface area contributed by atoms with Crippen molar-refractivity contribution in [1.29, 1.82) is 0 Å². The molecule has 0 radical (unpaired) electrons. The van der Waals surface area contributed by atoms with Crippen LogP contribution < -0.4 is 11.3 Å². The highest BCUT2D eigenvalue weighted by Crippen LogP contribution is 2.34. The summed E-state index contributed by atoms with van der Waals surface area (Å²) in [4.78, 5) is 0. The zero-order valence-electron chi connectivity index (χ0n) is 9.55. The molecule has 0 amide bonds. The topological polar surface area (TPSA) is 38.0 Å². The van der Waals surface area contributed by atoms with Crippen molar-refractivity contribution in [2.24, 2.45) is 5.84 Å². The minimum absolute atomic E-state index is 0.228. The van der Waals surface area contributed by atoms with Gasteiger partial charge in [-0.15, -0.1) is 0 Å². The summed E-state index contributed by atoms with van der Waals surface area (Å²) in [7, 11) is 0. The van der Waals surface area contributed by atoms with Crippen molar-refractivity contribution >= 4 is 15.9 Å². The van der Waals surface area contributed by atoms with Crippen molar-refractivity contribution in [3.63, 3.8) is 0 Å². The second-order valence-electron chi connectivity index (χ2n) is 4.26. The van der Waals surface area contributed by atoms with Gasteiger partial charge in [0.1, 0.15) is 5.82 Å². The highest BCUT2D eigenvalue weighted by Gasteiger charge is 2.22. The van der Waals surface area contributed by atoms with Gasteiger partial charge < -0.3 is 0 Å². The summed E-state index contributed by atoms with van der Waals surface area (Å²) in [5.74, 6) is 5.37. The Kier molecular flexibility index (Phi) is 4.31. The van der Waals surface area contributed by atoms with Gasteiger partial charge in [0, 0.05) is 10.0 Å². The molecule has 1 aliphatic rings. The van der Waals surface area contributed by atoms with Crippen LogP contribution >= 0.6 is 15.9 Å². The maximum absolute atomic E-state index is 13.9. The van der Waals surface area contributed by atoms with E-state index in [1.165, 1.54) is 18.1 Å². The van der Waals surface area contributed by atoms with Gasteiger partial charge in [0.2, 0.25) is 0 Å². The first-order chi connectivity index (χ1) is 8.24. The lowest BCUT2D eigenvalue weighted by Gasteiger charge is -2.24. The van der Waals surface area contributed by atoms with E-state index >= 15 is 0 Å². The Morgan fingerprint density at radius 2 is 2.18 bits per heavy atom. The van der Waals surface area contributed by atoms with Crippen LogP contribution in [0.25, 0.3) is 0 Å².